The summed E-state index contributed by atoms with van der Waals surface area (Å²) in [6, 6.07) is -0.413. The third-order valence-electron chi connectivity index (χ3n) is 3.40. The van der Waals surface area contributed by atoms with Crippen molar-refractivity contribution >= 4 is 11.9 Å². The predicted molar refractivity (Wildman–Crippen MR) is 91.4 cm³/mol. The van der Waals surface area contributed by atoms with Crippen molar-refractivity contribution in [3.05, 3.63) is 0 Å². The van der Waals surface area contributed by atoms with E-state index in [2.05, 4.69) is 12.2 Å². The van der Waals surface area contributed by atoms with Gasteiger partial charge in [0.15, 0.2) is 0 Å². The molecule has 1 atom stereocenters. The summed E-state index contributed by atoms with van der Waals surface area (Å²) in [4.78, 5) is 19.9. The first-order valence-corrected chi connectivity index (χ1v) is 8.63. The molecule has 0 aliphatic carbocycles. The van der Waals surface area contributed by atoms with Crippen LogP contribution in [0.5, 0.6) is 0 Å². The van der Waals surface area contributed by atoms with Crippen molar-refractivity contribution in [2.24, 2.45) is 0 Å². The van der Waals surface area contributed by atoms with Crippen LogP contribution in [-0.4, -0.2) is 34.7 Å². The van der Waals surface area contributed by atoms with Gasteiger partial charge in [-0.3, -0.25) is 9.59 Å². The van der Waals surface area contributed by atoms with Gasteiger partial charge in [-0.05, 0) is 19.9 Å². The third kappa shape index (κ3) is 27.1. The molecule has 23 heavy (non-hydrogen) atoms. The van der Waals surface area contributed by atoms with E-state index in [4.69, 9.17) is 10.2 Å². The number of carboxylic acids is 2. The maximum absolute atomic E-state index is 10.5. The van der Waals surface area contributed by atoms with E-state index in [1.54, 1.807) is 13.8 Å². The fourth-order valence-electron chi connectivity index (χ4n) is 1.84. The van der Waals surface area contributed by atoms with Crippen molar-refractivity contribution in [2.45, 2.75) is 91.0 Å². The molecule has 0 aromatic rings. The number of hydrogen-bond donors (Lipinski definition) is 3. The molecule has 0 heterocycles. The van der Waals surface area contributed by atoms with E-state index in [1.165, 1.54) is 51.4 Å². The average molecular weight is 341 g/mol. The molecule has 0 rings (SSSR count). The molecule has 0 radical (unpaired) electrons. The van der Waals surface area contributed by atoms with Gasteiger partial charge in [0, 0.05) is 6.42 Å². The SMILES string of the molecule is CCC(=O)O.CCCCCCCCCCCNC(C)C(=O)O.[H-].[Na+]. The summed E-state index contributed by atoms with van der Waals surface area (Å²) in [6.45, 7) is 6.35. The second-order valence-corrected chi connectivity index (χ2v) is 5.59. The number of unbranched alkanes of at least 4 members (excludes halogenated alkanes) is 8. The van der Waals surface area contributed by atoms with Crippen molar-refractivity contribution < 1.29 is 50.8 Å². The van der Waals surface area contributed by atoms with Gasteiger partial charge in [-0.15, -0.1) is 0 Å². The molecule has 0 aliphatic heterocycles. The number of hydrogen-bond acceptors (Lipinski definition) is 3. The quantitative estimate of drug-likeness (QED) is 0.346. The summed E-state index contributed by atoms with van der Waals surface area (Å²) in [5, 5.41) is 19.4. The molecule has 0 fully saturated rings. The molecule has 0 saturated heterocycles. The van der Waals surface area contributed by atoms with Gasteiger partial charge in [0.25, 0.3) is 0 Å². The van der Waals surface area contributed by atoms with E-state index in [1.807, 2.05) is 0 Å². The molecule has 0 aliphatic rings. The van der Waals surface area contributed by atoms with Crippen LogP contribution in [0.4, 0.5) is 0 Å². The minimum Gasteiger partial charge on any atom is -1.00 e. The normalized spacial score (nSPS) is 10.9. The van der Waals surface area contributed by atoms with Crippen LogP contribution in [0.2, 0.25) is 0 Å². The fraction of sp³-hybridized carbons (Fsp3) is 0.882. The maximum Gasteiger partial charge on any atom is 1.00 e. The largest absolute Gasteiger partial charge is 1.00 e. The van der Waals surface area contributed by atoms with Crippen molar-refractivity contribution in [1.29, 1.82) is 0 Å². The van der Waals surface area contributed by atoms with Crippen LogP contribution in [0, 0.1) is 0 Å². The molecule has 0 aromatic carbocycles. The first-order valence-electron chi connectivity index (χ1n) is 8.63. The zero-order chi connectivity index (χ0) is 17.2. The summed E-state index contributed by atoms with van der Waals surface area (Å²) in [7, 11) is 0. The molecule has 0 bridgehead atoms. The molecule has 0 aromatic heterocycles. The Bertz CT molecular complexity index is 281. The van der Waals surface area contributed by atoms with E-state index >= 15 is 0 Å². The molecule has 0 saturated carbocycles. The standard InChI is InChI=1S/C14H29NO2.C3H6O2.Na.H/c1-3-4-5-6-7-8-9-10-11-12-15-13(2)14(16)17;1-2-3(4)5;;/h13,15H,3-12H2,1-2H3,(H,16,17);2H2,1H3,(H,4,5);;/q;;+1;-1. The molecule has 1 unspecified atom stereocenters. The number of carbonyl (C=O) groups is 2. The summed E-state index contributed by atoms with van der Waals surface area (Å²) < 4.78 is 0. The first-order chi connectivity index (χ1) is 10.5. The van der Waals surface area contributed by atoms with Crippen LogP contribution in [0.1, 0.15) is 86.4 Å². The maximum atomic E-state index is 10.5. The molecule has 5 nitrogen and oxygen atoms in total. The van der Waals surface area contributed by atoms with Crippen LogP contribution in [0.3, 0.4) is 0 Å². The van der Waals surface area contributed by atoms with Crippen molar-refractivity contribution in [2.75, 3.05) is 6.54 Å². The minimum absolute atomic E-state index is 0. The molecule has 0 spiro atoms. The van der Waals surface area contributed by atoms with E-state index in [9.17, 15) is 9.59 Å². The van der Waals surface area contributed by atoms with Crippen molar-refractivity contribution in [3.63, 3.8) is 0 Å². The monoisotopic (exact) mass is 341 g/mol. The van der Waals surface area contributed by atoms with Gasteiger partial charge < -0.3 is 17.0 Å². The van der Waals surface area contributed by atoms with Crippen LogP contribution in [0.25, 0.3) is 0 Å². The fourth-order valence-corrected chi connectivity index (χ4v) is 1.84. The van der Waals surface area contributed by atoms with Gasteiger partial charge in [-0.2, -0.15) is 0 Å². The second-order valence-electron chi connectivity index (χ2n) is 5.59. The molecular weight excluding hydrogens is 305 g/mol. The van der Waals surface area contributed by atoms with Gasteiger partial charge >= 0.3 is 41.5 Å². The van der Waals surface area contributed by atoms with Crippen LogP contribution < -0.4 is 34.9 Å². The Hall–Kier alpha value is -0.100. The third-order valence-corrected chi connectivity index (χ3v) is 3.40. The Morgan fingerprint density at radius 2 is 1.30 bits per heavy atom. The Morgan fingerprint density at radius 1 is 0.913 bits per heavy atom. The van der Waals surface area contributed by atoms with Crippen LogP contribution in [-0.2, 0) is 9.59 Å². The number of rotatable bonds is 13. The van der Waals surface area contributed by atoms with E-state index in [0.29, 0.717) is 0 Å². The molecule has 3 N–H and O–H groups in total. The van der Waals surface area contributed by atoms with Gasteiger partial charge in [-0.1, -0.05) is 65.2 Å². The van der Waals surface area contributed by atoms with Crippen LogP contribution in [0.15, 0.2) is 0 Å². The Labute approximate surface area is 165 Å². The molecule has 6 heteroatoms. The molecule has 0 amide bonds. The zero-order valence-electron chi connectivity index (χ0n) is 16.6. The van der Waals surface area contributed by atoms with Gasteiger partial charge in [0.1, 0.15) is 6.04 Å². The number of carboxylic acid groups (broad SMARTS) is 2. The number of aliphatic carboxylic acids is 2. The van der Waals surface area contributed by atoms with E-state index < -0.39 is 18.0 Å². The first kappa shape index (κ1) is 27.7. The zero-order valence-corrected chi connectivity index (χ0v) is 17.6. The van der Waals surface area contributed by atoms with Crippen molar-refractivity contribution in [1.82, 2.24) is 5.32 Å². The topological polar surface area (TPSA) is 86.6 Å². The van der Waals surface area contributed by atoms with Crippen LogP contribution >= 0.6 is 0 Å². The summed E-state index contributed by atoms with van der Waals surface area (Å²) >= 11 is 0. The van der Waals surface area contributed by atoms with E-state index in [0.717, 1.165) is 13.0 Å². The Balaban J connectivity index is -0.000000250. The Kier molecular flexibility index (Phi) is 26.4. The predicted octanol–water partition coefficient (Wildman–Crippen LogP) is 1.18. The number of nitrogens with one attached hydrogen (secondary N) is 1. The molecular formula is C17H36NNaO4. The minimum atomic E-state index is -0.763. The van der Waals surface area contributed by atoms with Crippen molar-refractivity contribution in [3.8, 4) is 0 Å². The Morgan fingerprint density at radius 3 is 1.65 bits per heavy atom. The van der Waals surface area contributed by atoms with Gasteiger partial charge in [0.2, 0.25) is 0 Å². The molecule has 134 valence electrons. The summed E-state index contributed by atoms with van der Waals surface area (Å²) in [5.41, 5.74) is 0. The smallest absolute Gasteiger partial charge is 1.00 e. The van der Waals surface area contributed by atoms with Gasteiger partial charge in [-0.25, -0.2) is 0 Å². The summed E-state index contributed by atoms with van der Waals surface area (Å²) in [5.74, 6) is -1.51. The average Bonchev–Trinajstić information content (AvgIpc) is 2.49. The summed E-state index contributed by atoms with van der Waals surface area (Å²) in [6.07, 6.45) is 12.0. The van der Waals surface area contributed by atoms with E-state index in [-0.39, 0.29) is 37.4 Å². The second kappa shape index (κ2) is 21.9. The van der Waals surface area contributed by atoms with Gasteiger partial charge in [0.05, 0.1) is 0 Å².